The minimum Gasteiger partial charge on any atom is -0.497 e. The van der Waals surface area contributed by atoms with E-state index in [0.29, 0.717) is 6.42 Å². The number of aromatic nitrogens is 1. The Bertz CT molecular complexity index is 958. The van der Waals surface area contributed by atoms with Gasteiger partial charge in [0.25, 0.3) is 0 Å². The highest BCUT2D eigenvalue weighted by Crippen LogP contribution is 2.26. The Kier molecular flexibility index (Phi) is 5.94. The van der Waals surface area contributed by atoms with Gasteiger partial charge in [0, 0.05) is 49.6 Å². The van der Waals surface area contributed by atoms with Gasteiger partial charge in [0.15, 0.2) is 0 Å². The number of pyridine rings is 1. The van der Waals surface area contributed by atoms with Crippen molar-refractivity contribution >= 4 is 22.4 Å². The maximum absolute atomic E-state index is 12.6. The summed E-state index contributed by atoms with van der Waals surface area (Å²) in [7, 11) is 1.67. The zero-order valence-electron chi connectivity index (χ0n) is 16.9. The van der Waals surface area contributed by atoms with E-state index in [4.69, 9.17) is 4.74 Å². The summed E-state index contributed by atoms with van der Waals surface area (Å²) in [6.45, 7) is 3.23. The Morgan fingerprint density at radius 3 is 2.52 bits per heavy atom. The lowest BCUT2D eigenvalue weighted by molar-refractivity contribution is -0.131. The number of rotatable bonds is 6. The molecule has 1 aliphatic heterocycles. The topological polar surface area (TPSA) is 45.7 Å². The Labute approximate surface area is 171 Å². The fraction of sp³-hybridized carbons (Fsp3) is 0.333. The highest BCUT2D eigenvalue weighted by Gasteiger charge is 2.22. The monoisotopic (exact) mass is 389 g/mol. The molecule has 0 bridgehead atoms. The van der Waals surface area contributed by atoms with Crippen molar-refractivity contribution < 1.29 is 9.53 Å². The lowest BCUT2D eigenvalue weighted by Gasteiger charge is -2.36. The van der Waals surface area contributed by atoms with Crippen molar-refractivity contribution in [3.8, 4) is 5.75 Å². The maximum Gasteiger partial charge on any atom is 0.222 e. The second kappa shape index (κ2) is 8.95. The fourth-order valence-electron chi connectivity index (χ4n) is 3.94. The summed E-state index contributed by atoms with van der Waals surface area (Å²) in [5.41, 5.74) is 2.40. The number of piperazine rings is 1. The van der Waals surface area contributed by atoms with Crippen LogP contribution in [0.2, 0.25) is 0 Å². The number of benzene rings is 2. The average molecular weight is 389 g/mol. The fourth-order valence-corrected chi connectivity index (χ4v) is 3.94. The van der Waals surface area contributed by atoms with Crippen molar-refractivity contribution in [2.24, 2.45) is 0 Å². The van der Waals surface area contributed by atoms with Gasteiger partial charge in [-0.3, -0.25) is 9.78 Å². The molecule has 1 aliphatic rings. The molecule has 2 aromatic carbocycles. The Morgan fingerprint density at radius 2 is 1.76 bits per heavy atom. The van der Waals surface area contributed by atoms with Gasteiger partial charge in [-0.1, -0.05) is 36.4 Å². The molecule has 0 N–H and O–H groups in total. The Morgan fingerprint density at radius 1 is 1.00 bits per heavy atom. The van der Waals surface area contributed by atoms with E-state index in [1.54, 1.807) is 7.11 Å². The number of amides is 1. The van der Waals surface area contributed by atoms with Crippen molar-refractivity contribution in [3.05, 3.63) is 66.5 Å². The number of nitrogens with zero attached hydrogens (tertiary/aromatic N) is 3. The molecule has 1 aromatic heterocycles. The molecule has 1 amide bonds. The largest absolute Gasteiger partial charge is 0.497 e. The van der Waals surface area contributed by atoms with Gasteiger partial charge in [-0.05, 0) is 30.5 Å². The van der Waals surface area contributed by atoms with Gasteiger partial charge in [-0.25, -0.2) is 0 Å². The van der Waals surface area contributed by atoms with Crippen molar-refractivity contribution in [3.63, 3.8) is 0 Å². The zero-order chi connectivity index (χ0) is 20.1. The summed E-state index contributed by atoms with van der Waals surface area (Å²) < 4.78 is 5.19. The van der Waals surface area contributed by atoms with E-state index in [9.17, 15) is 4.79 Å². The molecular weight excluding hydrogens is 362 g/mol. The standard InChI is InChI=1S/C24H27N3O2/c1-29-21-11-9-19(10-12-21)5-4-8-24(28)27-15-13-26(14-16-27)23-18-25-17-20-6-2-3-7-22(20)23/h2-3,6-7,9-12,17-18H,4-5,8,13-16H2,1H3. The number of hydrogen-bond acceptors (Lipinski definition) is 4. The molecule has 5 heteroatoms. The van der Waals surface area contributed by atoms with Gasteiger partial charge in [0.2, 0.25) is 5.91 Å². The second-order valence-electron chi connectivity index (χ2n) is 7.45. The molecule has 0 atom stereocenters. The number of carbonyl (C=O) groups is 1. The zero-order valence-corrected chi connectivity index (χ0v) is 16.9. The normalized spacial score (nSPS) is 14.2. The predicted octanol–water partition coefficient (Wildman–Crippen LogP) is 3.91. The number of aryl methyl sites for hydroxylation is 1. The summed E-state index contributed by atoms with van der Waals surface area (Å²) >= 11 is 0. The van der Waals surface area contributed by atoms with Crippen molar-refractivity contribution in [1.82, 2.24) is 9.88 Å². The first kappa shape index (κ1) is 19.2. The molecule has 3 aromatic rings. The van der Waals surface area contributed by atoms with Gasteiger partial charge in [-0.2, -0.15) is 0 Å². The van der Waals surface area contributed by atoms with Gasteiger partial charge in [0.1, 0.15) is 5.75 Å². The van der Waals surface area contributed by atoms with Crippen molar-refractivity contribution in [2.75, 3.05) is 38.2 Å². The molecule has 5 nitrogen and oxygen atoms in total. The molecule has 0 saturated carbocycles. The number of hydrogen-bond donors (Lipinski definition) is 0. The molecule has 1 saturated heterocycles. The van der Waals surface area contributed by atoms with E-state index in [-0.39, 0.29) is 5.91 Å². The summed E-state index contributed by atoms with van der Waals surface area (Å²) in [5.74, 6) is 1.12. The first-order valence-corrected chi connectivity index (χ1v) is 10.2. The van der Waals surface area contributed by atoms with Crippen molar-refractivity contribution in [2.45, 2.75) is 19.3 Å². The van der Waals surface area contributed by atoms with E-state index in [0.717, 1.165) is 55.8 Å². The highest BCUT2D eigenvalue weighted by molar-refractivity contribution is 5.93. The van der Waals surface area contributed by atoms with E-state index < -0.39 is 0 Å². The first-order valence-electron chi connectivity index (χ1n) is 10.2. The number of ether oxygens (including phenoxy) is 1. The van der Waals surface area contributed by atoms with Crippen LogP contribution in [0.5, 0.6) is 5.75 Å². The van der Waals surface area contributed by atoms with Crippen LogP contribution in [0.4, 0.5) is 5.69 Å². The van der Waals surface area contributed by atoms with Gasteiger partial charge in [-0.15, -0.1) is 0 Å². The summed E-state index contributed by atoms with van der Waals surface area (Å²) in [5, 5.41) is 2.38. The minimum atomic E-state index is 0.259. The van der Waals surface area contributed by atoms with Crippen LogP contribution in [0.1, 0.15) is 18.4 Å². The third kappa shape index (κ3) is 4.50. The lowest BCUT2D eigenvalue weighted by atomic mass is 10.1. The highest BCUT2D eigenvalue weighted by atomic mass is 16.5. The quantitative estimate of drug-likeness (QED) is 0.641. The molecule has 0 aliphatic carbocycles. The number of anilines is 1. The number of carbonyl (C=O) groups excluding carboxylic acids is 1. The van der Waals surface area contributed by atoms with Crippen LogP contribution >= 0.6 is 0 Å². The molecule has 4 rings (SSSR count). The van der Waals surface area contributed by atoms with Crippen LogP contribution in [0, 0.1) is 0 Å². The van der Waals surface area contributed by atoms with Crippen molar-refractivity contribution in [1.29, 1.82) is 0 Å². The van der Waals surface area contributed by atoms with E-state index in [1.165, 1.54) is 10.9 Å². The molecular formula is C24H27N3O2. The SMILES string of the molecule is COc1ccc(CCCC(=O)N2CCN(c3cncc4ccccc34)CC2)cc1. The third-order valence-corrected chi connectivity index (χ3v) is 5.64. The van der Waals surface area contributed by atoms with E-state index in [2.05, 4.69) is 40.2 Å². The smallest absolute Gasteiger partial charge is 0.222 e. The molecule has 1 fully saturated rings. The molecule has 29 heavy (non-hydrogen) atoms. The Hall–Kier alpha value is -3.08. The van der Waals surface area contributed by atoms with E-state index >= 15 is 0 Å². The molecule has 150 valence electrons. The predicted molar refractivity (Wildman–Crippen MR) is 116 cm³/mol. The average Bonchev–Trinajstić information content (AvgIpc) is 2.79. The van der Waals surface area contributed by atoms with E-state index in [1.807, 2.05) is 35.5 Å². The van der Waals surface area contributed by atoms with Crippen LogP contribution in [0.25, 0.3) is 10.8 Å². The summed E-state index contributed by atoms with van der Waals surface area (Å²) in [4.78, 5) is 21.4. The second-order valence-corrected chi connectivity index (χ2v) is 7.45. The maximum atomic E-state index is 12.6. The van der Waals surface area contributed by atoms with Crippen LogP contribution in [-0.2, 0) is 11.2 Å². The molecule has 0 unspecified atom stereocenters. The third-order valence-electron chi connectivity index (χ3n) is 5.64. The first-order chi connectivity index (χ1) is 14.2. The lowest BCUT2D eigenvalue weighted by Crippen LogP contribution is -2.48. The van der Waals surface area contributed by atoms with Crippen LogP contribution in [0.3, 0.4) is 0 Å². The van der Waals surface area contributed by atoms with Crippen LogP contribution in [0.15, 0.2) is 60.9 Å². The molecule has 0 spiro atoms. The summed E-state index contributed by atoms with van der Waals surface area (Å²) in [6.07, 6.45) is 6.23. The molecule has 0 radical (unpaired) electrons. The van der Waals surface area contributed by atoms with Gasteiger partial charge in [0.05, 0.1) is 19.0 Å². The number of fused-ring (bicyclic) bond motifs is 1. The minimum absolute atomic E-state index is 0.259. The number of methoxy groups -OCH3 is 1. The Balaban J connectivity index is 1.28. The molecule has 2 heterocycles. The van der Waals surface area contributed by atoms with Gasteiger partial charge >= 0.3 is 0 Å². The van der Waals surface area contributed by atoms with Gasteiger partial charge < -0.3 is 14.5 Å². The van der Waals surface area contributed by atoms with Crippen LogP contribution in [-0.4, -0.2) is 49.1 Å². The van der Waals surface area contributed by atoms with Crippen LogP contribution < -0.4 is 9.64 Å². The summed E-state index contributed by atoms with van der Waals surface area (Å²) in [6, 6.07) is 16.4.